The number of aryl methyl sites for hydroxylation is 1. The predicted molar refractivity (Wildman–Crippen MR) is 95.7 cm³/mol. The van der Waals surface area contributed by atoms with Crippen LogP contribution in [0.4, 0.5) is 24.5 Å². The summed E-state index contributed by atoms with van der Waals surface area (Å²) in [4.78, 5) is 23.1. The average molecular weight is 380 g/mol. The lowest BCUT2D eigenvalue weighted by atomic mass is 10.1. The first-order valence-electron chi connectivity index (χ1n) is 8.28. The molecule has 0 atom stereocenters. The Balaban J connectivity index is 1.94. The number of halogens is 3. The van der Waals surface area contributed by atoms with Crippen LogP contribution in [-0.4, -0.2) is 24.6 Å². The standard InChI is InChI=1S/C19H19F3N2O3/c1-2-5-13-8-10-14(11-9-13)27-12-17(25)23-15-6-3-4-7-16(15)24-18(26)19(20,21)22/h3-4,6-11H,2,5,12H2,1H3,(H,23,25)(H,24,26). The lowest BCUT2D eigenvalue weighted by molar-refractivity contribution is -0.167. The Morgan fingerprint density at radius 2 is 1.56 bits per heavy atom. The molecule has 0 saturated heterocycles. The minimum Gasteiger partial charge on any atom is -0.484 e. The van der Waals surface area contributed by atoms with E-state index in [2.05, 4.69) is 12.2 Å². The zero-order chi connectivity index (χ0) is 19.9. The summed E-state index contributed by atoms with van der Waals surface area (Å²) in [5, 5.41) is 4.15. The maximum Gasteiger partial charge on any atom is 0.471 e. The molecular weight excluding hydrogens is 361 g/mol. The molecule has 0 aliphatic carbocycles. The van der Waals surface area contributed by atoms with Gasteiger partial charge in [-0.15, -0.1) is 0 Å². The molecule has 144 valence electrons. The quantitative estimate of drug-likeness (QED) is 0.758. The molecule has 0 heterocycles. The highest BCUT2D eigenvalue weighted by Crippen LogP contribution is 2.24. The van der Waals surface area contributed by atoms with Crippen molar-refractivity contribution in [2.75, 3.05) is 17.2 Å². The average Bonchev–Trinajstić information content (AvgIpc) is 2.62. The van der Waals surface area contributed by atoms with Gasteiger partial charge in [-0.1, -0.05) is 37.6 Å². The van der Waals surface area contributed by atoms with E-state index in [0.29, 0.717) is 5.75 Å². The summed E-state index contributed by atoms with van der Waals surface area (Å²) in [6.07, 6.45) is -3.06. The van der Waals surface area contributed by atoms with Crippen molar-refractivity contribution >= 4 is 23.2 Å². The fraction of sp³-hybridized carbons (Fsp3) is 0.263. The van der Waals surface area contributed by atoms with Crippen LogP contribution in [-0.2, 0) is 16.0 Å². The van der Waals surface area contributed by atoms with Crippen LogP contribution in [0.5, 0.6) is 5.75 Å². The number of hydrogen-bond acceptors (Lipinski definition) is 3. The van der Waals surface area contributed by atoms with Crippen molar-refractivity contribution in [2.45, 2.75) is 25.9 Å². The summed E-state index contributed by atoms with van der Waals surface area (Å²) in [7, 11) is 0. The fourth-order valence-electron chi connectivity index (χ4n) is 2.27. The van der Waals surface area contributed by atoms with Gasteiger partial charge in [-0.05, 0) is 36.2 Å². The first-order chi connectivity index (χ1) is 12.8. The van der Waals surface area contributed by atoms with E-state index in [1.165, 1.54) is 24.3 Å². The Morgan fingerprint density at radius 1 is 0.963 bits per heavy atom. The molecule has 0 fully saturated rings. The van der Waals surface area contributed by atoms with Crippen molar-refractivity contribution in [3.63, 3.8) is 0 Å². The number of anilines is 2. The topological polar surface area (TPSA) is 67.4 Å². The molecule has 0 bridgehead atoms. The van der Waals surface area contributed by atoms with Crippen molar-refractivity contribution < 1.29 is 27.5 Å². The fourth-order valence-corrected chi connectivity index (χ4v) is 2.27. The van der Waals surface area contributed by atoms with Crippen molar-refractivity contribution in [3.05, 3.63) is 54.1 Å². The number of para-hydroxylation sites is 2. The number of hydrogen-bond donors (Lipinski definition) is 2. The van der Waals surface area contributed by atoms with Gasteiger partial charge in [0, 0.05) is 0 Å². The van der Waals surface area contributed by atoms with Crippen LogP contribution in [0.1, 0.15) is 18.9 Å². The molecule has 0 aromatic heterocycles. The van der Waals surface area contributed by atoms with E-state index in [0.717, 1.165) is 18.4 Å². The predicted octanol–water partition coefficient (Wildman–Crippen LogP) is 4.16. The molecule has 2 N–H and O–H groups in total. The molecule has 0 radical (unpaired) electrons. The number of carbonyl (C=O) groups is 2. The maximum atomic E-state index is 12.4. The van der Waals surface area contributed by atoms with Crippen molar-refractivity contribution in [3.8, 4) is 5.75 Å². The lowest BCUT2D eigenvalue weighted by Gasteiger charge is -2.13. The monoisotopic (exact) mass is 380 g/mol. The van der Waals surface area contributed by atoms with E-state index >= 15 is 0 Å². The lowest BCUT2D eigenvalue weighted by Crippen LogP contribution is -2.30. The Hall–Kier alpha value is -3.03. The summed E-state index contributed by atoms with van der Waals surface area (Å²) >= 11 is 0. The summed E-state index contributed by atoms with van der Waals surface area (Å²) in [6.45, 7) is 1.75. The van der Waals surface area contributed by atoms with Crippen molar-refractivity contribution in [1.82, 2.24) is 0 Å². The van der Waals surface area contributed by atoms with Crippen LogP contribution in [0.25, 0.3) is 0 Å². The van der Waals surface area contributed by atoms with Crippen LogP contribution >= 0.6 is 0 Å². The van der Waals surface area contributed by atoms with Gasteiger partial charge < -0.3 is 15.4 Å². The molecule has 0 unspecified atom stereocenters. The minimum atomic E-state index is -5.02. The number of benzene rings is 2. The van der Waals surface area contributed by atoms with Gasteiger partial charge in [-0.25, -0.2) is 0 Å². The molecule has 0 spiro atoms. The molecule has 2 aromatic rings. The Morgan fingerprint density at radius 3 is 2.11 bits per heavy atom. The molecule has 27 heavy (non-hydrogen) atoms. The summed E-state index contributed by atoms with van der Waals surface area (Å²) < 4.78 is 42.6. The second kappa shape index (κ2) is 9.07. The number of nitrogens with one attached hydrogen (secondary N) is 2. The third-order valence-corrected chi connectivity index (χ3v) is 3.54. The van der Waals surface area contributed by atoms with E-state index in [1.807, 2.05) is 12.1 Å². The number of amides is 2. The number of ether oxygens (including phenoxy) is 1. The summed E-state index contributed by atoms with van der Waals surface area (Å²) in [5.41, 5.74) is 1.04. The van der Waals surface area contributed by atoms with Gasteiger partial charge in [0.05, 0.1) is 11.4 Å². The molecule has 2 rings (SSSR count). The second-order valence-electron chi connectivity index (χ2n) is 5.73. The van der Waals surface area contributed by atoms with Crippen molar-refractivity contribution in [2.24, 2.45) is 0 Å². The van der Waals surface area contributed by atoms with Gasteiger partial charge in [0.15, 0.2) is 6.61 Å². The normalized spacial score (nSPS) is 11.0. The minimum absolute atomic E-state index is 0.0435. The van der Waals surface area contributed by atoms with E-state index in [9.17, 15) is 22.8 Å². The first kappa shape index (κ1) is 20.3. The van der Waals surface area contributed by atoms with E-state index in [-0.39, 0.29) is 18.0 Å². The van der Waals surface area contributed by atoms with Crippen molar-refractivity contribution in [1.29, 1.82) is 0 Å². The SMILES string of the molecule is CCCc1ccc(OCC(=O)Nc2ccccc2NC(=O)C(F)(F)F)cc1. The maximum absolute atomic E-state index is 12.4. The number of rotatable bonds is 7. The number of carbonyl (C=O) groups excluding carboxylic acids is 2. The summed E-state index contributed by atoms with van der Waals surface area (Å²) in [6, 6.07) is 12.9. The highest BCUT2D eigenvalue weighted by atomic mass is 19.4. The van der Waals surface area contributed by atoms with Gasteiger partial charge in [0.25, 0.3) is 5.91 Å². The first-order valence-corrected chi connectivity index (χ1v) is 8.28. The van der Waals surface area contributed by atoms with Gasteiger partial charge in [-0.2, -0.15) is 13.2 Å². The van der Waals surface area contributed by atoms with Gasteiger partial charge in [0.2, 0.25) is 0 Å². The van der Waals surface area contributed by atoms with E-state index < -0.39 is 18.0 Å². The molecule has 0 aliphatic rings. The summed E-state index contributed by atoms with van der Waals surface area (Å²) in [5.74, 6) is -2.18. The largest absolute Gasteiger partial charge is 0.484 e. The molecule has 0 saturated carbocycles. The van der Waals surface area contributed by atoms with E-state index in [1.54, 1.807) is 17.4 Å². The van der Waals surface area contributed by atoms with Crippen LogP contribution in [0.3, 0.4) is 0 Å². The highest BCUT2D eigenvalue weighted by Gasteiger charge is 2.39. The smallest absolute Gasteiger partial charge is 0.471 e. The molecule has 2 aromatic carbocycles. The van der Waals surface area contributed by atoms with Crippen LogP contribution in [0.15, 0.2) is 48.5 Å². The van der Waals surface area contributed by atoms with Crippen LogP contribution < -0.4 is 15.4 Å². The number of alkyl halides is 3. The second-order valence-corrected chi connectivity index (χ2v) is 5.73. The Labute approximate surface area is 154 Å². The van der Waals surface area contributed by atoms with Gasteiger partial charge in [0.1, 0.15) is 5.75 Å². The highest BCUT2D eigenvalue weighted by molar-refractivity contribution is 6.01. The Bertz CT molecular complexity index is 790. The molecule has 2 amide bonds. The van der Waals surface area contributed by atoms with Crippen LogP contribution in [0, 0.1) is 0 Å². The molecule has 0 aliphatic heterocycles. The third kappa shape index (κ3) is 6.32. The zero-order valence-corrected chi connectivity index (χ0v) is 14.6. The Kier molecular flexibility index (Phi) is 6.81. The molecule has 8 heteroatoms. The van der Waals surface area contributed by atoms with Gasteiger partial charge >= 0.3 is 12.1 Å². The van der Waals surface area contributed by atoms with Crippen LogP contribution in [0.2, 0.25) is 0 Å². The van der Waals surface area contributed by atoms with E-state index in [4.69, 9.17) is 4.74 Å². The molecule has 5 nitrogen and oxygen atoms in total. The van der Waals surface area contributed by atoms with Gasteiger partial charge in [-0.3, -0.25) is 9.59 Å². The third-order valence-electron chi connectivity index (χ3n) is 3.54. The molecular formula is C19H19F3N2O3. The zero-order valence-electron chi connectivity index (χ0n) is 14.6.